The van der Waals surface area contributed by atoms with E-state index in [0.717, 1.165) is 44.0 Å². The van der Waals surface area contributed by atoms with E-state index in [1.807, 2.05) is 12.1 Å². The Hall–Kier alpha value is -1.26. The summed E-state index contributed by atoms with van der Waals surface area (Å²) in [6, 6.07) is 5.96. The van der Waals surface area contributed by atoms with Gasteiger partial charge in [-0.15, -0.1) is 0 Å². The molecule has 0 atom stereocenters. The molecule has 0 aliphatic heterocycles. The molecule has 4 nitrogen and oxygen atoms in total. The highest BCUT2D eigenvalue weighted by Crippen LogP contribution is 2.24. The number of methoxy groups -OCH3 is 2. The Morgan fingerprint density at radius 2 is 1.94 bits per heavy atom. The van der Waals surface area contributed by atoms with Gasteiger partial charge in [-0.05, 0) is 44.6 Å². The Morgan fingerprint density at radius 1 is 1.17 bits per heavy atom. The van der Waals surface area contributed by atoms with E-state index in [0.29, 0.717) is 0 Å². The Bertz CT molecular complexity index is 356. The second kappa shape index (κ2) is 7.95. The van der Waals surface area contributed by atoms with Crippen molar-refractivity contribution in [2.24, 2.45) is 5.73 Å². The SMILES string of the molecule is COc1ccc(CCN(C)CCCN)c(OC)c1. The fourth-order valence-corrected chi connectivity index (χ4v) is 1.84. The van der Waals surface area contributed by atoms with Gasteiger partial charge >= 0.3 is 0 Å². The lowest BCUT2D eigenvalue weighted by molar-refractivity contribution is 0.332. The number of hydrogen-bond acceptors (Lipinski definition) is 4. The number of rotatable bonds is 8. The lowest BCUT2D eigenvalue weighted by Crippen LogP contribution is -2.24. The van der Waals surface area contributed by atoms with Crippen molar-refractivity contribution >= 4 is 0 Å². The maximum atomic E-state index is 5.50. The van der Waals surface area contributed by atoms with E-state index in [9.17, 15) is 0 Å². The summed E-state index contributed by atoms with van der Waals surface area (Å²) in [6.45, 7) is 2.79. The third kappa shape index (κ3) is 4.55. The van der Waals surface area contributed by atoms with Crippen LogP contribution in [0.2, 0.25) is 0 Å². The summed E-state index contributed by atoms with van der Waals surface area (Å²) in [5.41, 5.74) is 6.71. The summed E-state index contributed by atoms with van der Waals surface area (Å²) >= 11 is 0. The van der Waals surface area contributed by atoms with E-state index in [4.69, 9.17) is 15.2 Å². The van der Waals surface area contributed by atoms with Crippen molar-refractivity contribution in [3.05, 3.63) is 23.8 Å². The van der Waals surface area contributed by atoms with Gasteiger partial charge in [0.05, 0.1) is 14.2 Å². The molecule has 0 saturated carbocycles. The number of ether oxygens (including phenoxy) is 2. The molecule has 1 aromatic rings. The molecular weight excluding hydrogens is 228 g/mol. The van der Waals surface area contributed by atoms with Crippen LogP contribution in [0.1, 0.15) is 12.0 Å². The molecule has 18 heavy (non-hydrogen) atoms. The Kier molecular flexibility index (Phi) is 6.54. The van der Waals surface area contributed by atoms with Crippen molar-refractivity contribution in [2.45, 2.75) is 12.8 Å². The van der Waals surface area contributed by atoms with Gasteiger partial charge < -0.3 is 20.1 Å². The van der Waals surface area contributed by atoms with Crippen LogP contribution in [0.5, 0.6) is 11.5 Å². The predicted octanol–water partition coefficient (Wildman–Crippen LogP) is 1.53. The number of nitrogens with zero attached hydrogens (tertiary/aromatic N) is 1. The lowest BCUT2D eigenvalue weighted by Gasteiger charge is -2.17. The Morgan fingerprint density at radius 3 is 2.56 bits per heavy atom. The molecule has 0 unspecified atom stereocenters. The Labute approximate surface area is 110 Å². The van der Waals surface area contributed by atoms with E-state index in [1.165, 1.54) is 5.56 Å². The van der Waals surface area contributed by atoms with Gasteiger partial charge in [-0.25, -0.2) is 0 Å². The minimum atomic E-state index is 0.746. The van der Waals surface area contributed by atoms with Crippen molar-refractivity contribution in [1.82, 2.24) is 4.90 Å². The monoisotopic (exact) mass is 252 g/mol. The molecule has 1 aromatic carbocycles. The molecule has 0 amide bonds. The van der Waals surface area contributed by atoms with Gasteiger partial charge in [0.1, 0.15) is 11.5 Å². The molecule has 0 aliphatic carbocycles. The molecule has 102 valence electrons. The van der Waals surface area contributed by atoms with Crippen LogP contribution in [0.25, 0.3) is 0 Å². The first kappa shape index (κ1) is 14.8. The summed E-state index contributed by atoms with van der Waals surface area (Å²) in [5, 5.41) is 0. The van der Waals surface area contributed by atoms with Crippen LogP contribution in [0.4, 0.5) is 0 Å². The van der Waals surface area contributed by atoms with Crippen LogP contribution in [0.3, 0.4) is 0 Å². The first-order valence-electron chi connectivity index (χ1n) is 6.30. The smallest absolute Gasteiger partial charge is 0.125 e. The van der Waals surface area contributed by atoms with Crippen LogP contribution >= 0.6 is 0 Å². The van der Waals surface area contributed by atoms with E-state index < -0.39 is 0 Å². The zero-order valence-corrected chi connectivity index (χ0v) is 11.6. The van der Waals surface area contributed by atoms with E-state index in [1.54, 1.807) is 14.2 Å². The summed E-state index contributed by atoms with van der Waals surface area (Å²) in [7, 11) is 5.47. The maximum Gasteiger partial charge on any atom is 0.125 e. The third-order valence-corrected chi connectivity index (χ3v) is 3.00. The van der Waals surface area contributed by atoms with Crippen molar-refractivity contribution < 1.29 is 9.47 Å². The number of nitrogens with two attached hydrogens (primary N) is 1. The second-order valence-corrected chi connectivity index (χ2v) is 4.37. The predicted molar refractivity (Wildman–Crippen MR) is 74.4 cm³/mol. The highest BCUT2D eigenvalue weighted by molar-refractivity contribution is 5.40. The van der Waals surface area contributed by atoms with Crippen LogP contribution in [-0.2, 0) is 6.42 Å². The minimum Gasteiger partial charge on any atom is -0.497 e. The van der Waals surface area contributed by atoms with Crippen LogP contribution in [-0.4, -0.2) is 45.8 Å². The number of benzene rings is 1. The Balaban J connectivity index is 2.55. The molecule has 1 rings (SSSR count). The summed E-state index contributed by atoms with van der Waals surface area (Å²) in [5.74, 6) is 1.72. The van der Waals surface area contributed by atoms with Crippen molar-refractivity contribution in [3.8, 4) is 11.5 Å². The van der Waals surface area contributed by atoms with E-state index in [-0.39, 0.29) is 0 Å². The van der Waals surface area contributed by atoms with Crippen LogP contribution in [0, 0.1) is 0 Å². The molecule has 0 radical (unpaired) electrons. The van der Waals surface area contributed by atoms with Crippen molar-refractivity contribution in [3.63, 3.8) is 0 Å². The van der Waals surface area contributed by atoms with Crippen molar-refractivity contribution in [2.75, 3.05) is 40.9 Å². The van der Waals surface area contributed by atoms with Gasteiger partial charge in [0.25, 0.3) is 0 Å². The van der Waals surface area contributed by atoms with Crippen LogP contribution in [0.15, 0.2) is 18.2 Å². The molecule has 4 heteroatoms. The molecule has 0 saturated heterocycles. The van der Waals surface area contributed by atoms with E-state index >= 15 is 0 Å². The third-order valence-electron chi connectivity index (χ3n) is 3.00. The van der Waals surface area contributed by atoms with Gasteiger partial charge in [-0.1, -0.05) is 6.07 Å². The van der Waals surface area contributed by atoms with Gasteiger partial charge in [-0.3, -0.25) is 0 Å². The maximum absolute atomic E-state index is 5.50. The molecule has 0 aliphatic rings. The molecule has 2 N–H and O–H groups in total. The summed E-state index contributed by atoms with van der Waals surface area (Å²) in [6.07, 6.45) is 2.00. The second-order valence-electron chi connectivity index (χ2n) is 4.37. The van der Waals surface area contributed by atoms with Crippen molar-refractivity contribution in [1.29, 1.82) is 0 Å². The average Bonchev–Trinajstić information content (AvgIpc) is 2.42. The zero-order valence-electron chi connectivity index (χ0n) is 11.6. The molecule has 0 spiro atoms. The summed E-state index contributed by atoms with van der Waals surface area (Å²) < 4.78 is 10.6. The zero-order chi connectivity index (χ0) is 13.4. The van der Waals surface area contributed by atoms with Gasteiger partial charge in [-0.2, -0.15) is 0 Å². The largest absolute Gasteiger partial charge is 0.497 e. The van der Waals surface area contributed by atoms with Gasteiger partial charge in [0, 0.05) is 12.6 Å². The molecule has 0 fully saturated rings. The number of hydrogen-bond donors (Lipinski definition) is 1. The standard InChI is InChI=1S/C14H24N2O2/c1-16(9-4-8-15)10-7-12-5-6-13(17-2)11-14(12)18-3/h5-6,11H,4,7-10,15H2,1-3H3. The fourth-order valence-electron chi connectivity index (χ4n) is 1.84. The normalized spacial score (nSPS) is 10.7. The molecule has 0 bridgehead atoms. The van der Waals surface area contributed by atoms with Gasteiger partial charge in [0.15, 0.2) is 0 Å². The van der Waals surface area contributed by atoms with E-state index in [2.05, 4.69) is 18.0 Å². The lowest BCUT2D eigenvalue weighted by atomic mass is 10.1. The highest BCUT2D eigenvalue weighted by atomic mass is 16.5. The topological polar surface area (TPSA) is 47.7 Å². The van der Waals surface area contributed by atoms with Gasteiger partial charge in [0.2, 0.25) is 0 Å². The molecular formula is C14H24N2O2. The first-order valence-corrected chi connectivity index (χ1v) is 6.30. The quantitative estimate of drug-likeness (QED) is 0.762. The number of likely N-dealkylation sites (N-methyl/N-ethyl adjacent to an activating group) is 1. The average molecular weight is 252 g/mol. The first-order chi connectivity index (χ1) is 8.71. The molecule has 0 heterocycles. The molecule has 0 aromatic heterocycles. The van der Waals surface area contributed by atoms with Crippen LogP contribution < -0.4 is 15.2 Å². The highest BCUT2D eigenvalue weighted by Gasteiger charge is 2.06. The fraction of sp³-hybridized carbons (Fsp3) is 0.571. The summed E-state index contributed by atoms with van der Waals surface area (Å²) in [4.78, 5) is 2.29. The minimum absolute atomic E-state index is 0.746.